The fourth-order valence-corrected chi connectivity index (χ4v) is 4.70. The Balaban J connectivity index is 1.65. The van der Waals surface area contributed by atoms with Gasteiger partial charge in [-0.2, -0.15) is 0 Å². The summed E-state index contributed by atoms with van der Waals surface area (Å²) in [5.74, 6) is -0.367. The molecule has 6 heteroatoms. The van der Waals surface area contributed by atoms with Gasteiger partial charge in [-0.15, -0.1) is 0 Å². The first kappa shape index (κ1) is 17.0. The van der Waals surface area contributed by atoms with Crippen molar-refractivity contribution in [3.63, 3.8) is 0 Å². The molecule has 4 nitrogen and oxygen atoms in total. The Morgan fingerprint density at radius 2 is 1.71 bits per heavy atom. The Labute approximate surface area is 147 Å². The Hall–Kier alpha value is -1.85. The second kappa shape index (κ2) is 6.95. The molecule has 0 aromatic heterocycles. The SMILES string of the molecule is O=C(CCS(=O)(=O)c1ccccc1Cl)N1CCc2ccccc2C1. The Bertz CT molecular complexity index is 864. The van der Waals surface area contributed by atoms with E-state index in [1.807, 2.05) is 18.2 Å². The molecule has 126 valence electrons. The van der Waals surface area contributed by atoms with Crippen molar-refractivity contribution in [1.29, 1.82) is 0 Å². The monoisotopic (exact) mass is 363 g/mol. The molecule has 0 unspecified atom stereocenters. The molecule has 0 atom stereocenters. The number of amides is 1. The van der Waals surface area contributed by atoms with Gasteiger partial charge in [-0.3, -0.25) is 4.79 Å². The molecule has 2 aromatic rings. The number of sulfone groups is 1. The van der Waals surface area contributed by atoms with E-state index in [0.29, 0.717) is 13.1 Å². The first-order chi connectivity index (χ1) is 11.5. The van der Waals surface area contributed by atoms with Gasteiger partial charge >= 0.3 is 0 Å². The van der Waals surface area contributed by atoms with Crippen molar-refractivity contribution >= 4 is 27.3 Å². The fraction of sp³-hybridized carbons (Fsp3) is 0.278. The van der Waals surface area contributed by atoms with Crippen LogP contribution in [0.2, 0.25) is 5.02 Å². The van der Waals surface area contributed by atoms with Gasteiger partial charge in [0.25, 0.3) is 0 Å². The lowest BCUT2D eigenvalue weighted by Crippen LogP contribution is -2.36. The largest absolute Gasteiger partial charge is 0.338 e. The zero-order valence-electron chi connectivity index (χ0n) is 13.1. The van der Waals surface area contributed by atoms with E-state index < -0.39 is 9.84 Å². The minimum Gasteiger partial charge on any atom is -0.338 e. The van der Waals surface area contributed by atoms with Crippen LogP contribution in [0.1, 0.15) is 17.5 Å². The molecule has 1 heterocycles. The van der Waals surface area contributed by atoms with Gasteiger partial charge in [0.2, 0.25) is 5.91 Å². The minimum atomic E-state index is -3.56. The topological polar surface area (TPSA) is 54.5 Å². The number of carbonyl (C=O) groups excluding carboxylic acids is 1. The van der Waals surface area contributed by atoms with Gasteiger partial charge in [0.1, 0.15) is 0 Å². The van der Waals surface area contributed by atoms with Crippen LogP contribution in [0.5, 0.6) is 0 Å². The van der Waals surface area contributed by atoms with Gasteiger partial charge in [0.15, 0.2) is 9.84 Å². The van der Waals surface area contributed by atoms with Crippen LogP contribution in [0.25, 0.3) is 0 Å². The van der Waals surface area contributed by atoms with E-state index in [1.54, 1.807) is 17.0 Å². The number of nitrogens with zero attached hydrogens (tertiary/aromatic N) is 1. The van der Waals surface area contributed by atoms with Crippen LogP contribution < -0.4 is 0 Å². The van der Waals surface area contributed by atoms with Crippen molar-refractivity contribution in [2.24, 2.45) is 0 Å². The first-order valence-corrected chi connectivity index (χ1v) is 9.82. The van der Waals surface area contributed by atoms with Gasteiger partial charge < -0.3 is 4.90 Å². The lowest BCUT2D eigenvalue weighted by Gasteiger charge is -2.29. The minimum absolute atomic E-state index is 0.0320. The van der Waals surface area contributed by atoms with E-state index in [-0.39, 0.29) is 28.0 Å². The molecular weight excluding hydrogens is 346 g/mol. The number of benzene rings is 2. The average Bonchev–Trinajstić information content (AvgIpc) is 2.59. The van der Waals surface area contributed by atoms with Gasteiger partial charge in [0.05, 0.1) is 15.7 Å². The highest BCUT2D eigenvalue weighted by Gasteiger charge is 2.24. The number of fused-ring (bicyclic) bond motifs is 1. The number of halogens is 1. The Morgan fingerprint density at radius 3 is 2.46 bits per heavy atom. The van der Waals surface area contributed by atoms with E-state index in [4.69, 9.17) is 11.6 Å². The second-order valence-electron chi connectivity index (χ2n) is 5.83. The first-order valence-electron chi connectivity index (χ1n) is 7.79. The summed E-state index contributed by atoms with van der Waals surface area (Å²) in [6.45, 7) is 1.17. The predicted octanol–water partition coefficient (Wildman–Crippen LogP) is 3.09. The summed E-state index contributed by atoms with van der Waals surface area (Å²) in [5, 5.41) is 0.192. The molecule has 0 aliphatic carbocycles. The highest BCUT2D eigenvalue weighted by Crippen LogP contribution is 2.23. The van der Waals surface area contributed by atoms with Gasteiger partial charge in [-0.25, -0.2) is 8.42 Å². The smallest absolute Gasteiger partial charge is 0.223 e. The highest BCUT2D eigenvalue weighted by molar-refractivity contribution is 7.91. The maximum absolute atomic E-state index is 12.4. The quantitative estimate of drug-likeness (QED) is 0.838. The van der Waals surface area contributed by atoms with E-state index in [9.17, 15) is 13.2 Å². The third-order valence-electron chi connectivity index (χ3n) is 4.24. The predicted molar refractivity (Wildman–Crippen MR) is 93.7 cm³/mol. The molecule has 1 aliphatic heterocycles. The van der Waals surface area contributed by atoms with Gasteiger partial charge in [-0.05, 0) is 29.7 Å². The van der Waals surface area contributed by atoms with Crippen LogP contribution in [0.3, 0.4) is 0 Å². The number of hydrogen-bond acceptors (Lipinski definition) is 3. The average molecular weight is 364 g/mol. The van der Waals surface area contributed by atoms with Crippen LogP contribution >= 0.6 is 11.6 Å². The van der Waals surface area contributed by atoms with Crippen LogP contribution in [0, 0.1) is 0 Å². The summed E-state index contributed by atoms with van der Waals surface area (Å²) in [6, 6.07) is 14.3. The molecule has 0 fully saturated rings. The zero-order valence-corrected chi connectivity index (χ0v) is 14.7. The lowest BCUT2D eigenvalue weighted by molar-refractivity contribution is -0.131. The standard InChI is InChI=1S/C18H18ClNO3S/c19-16-7-3-4-8-17(16)24(22,23)12-10-18(21)20-11-9-14-5-1-2-6-15(14)13-20/h1-8H,9-13H2. The van der Waals surface area contributed by atoms with E-state index in [2.05, 4.69) is 6.07 Å². The van der Waals surface area contributed by atoms with Crippen molar-refractivity contribution in [2.45, 2.75) is 24.3 Å². The van der Waals surface area contributed by atoms with Crippen molar-refractivity contribution in [3.05, 3.63) is 64.7 Å². The molecule has 1 amide bonds. The van der Waals surface area contributed by atoms with Crippen LogP contribution in [0.15, 0.2) is 53.4 Å². The molecule has 24 heavy (non-hydrogen) atoms. The number of carbonyl (C=O) groups is 1. The second-order valence-corrected chi connectivity index (χ2v) is 8.32. The molecule has 0 spiro atoms. The maximum atomic E-state index is 12.4. The lowest BCUT2D eigenvalue weighted by atomic mass is 10.00. The van der Waals surface area contributed by atoms with Crippen molar-refractivity contribution < 1.29 is 13.2 Å². The molecule has 0 bridgehead atoms. The molecule has 0 N–H and O–H groups in total. The third kappa shape index (κ3) is 3.62. The summed E-state index contributed by atoms with van der Waals surface area (Å²) >= 11 is 5.95. The van der Waals surface area contributed by atoms with Crippen LogP contribution in [-0.4, -0.2) is 31.5 Å². The normalized spacial score (nSPS) is 14.3. The van der Waals surface area contributed by atoms with E-state index >= 15 is 0 Å². The molecule has 1 aliphatic rings. The van der Waals surface area contributed by atoms with Gasteiger partial charge in [0, 0.05) is 19.5 Å². The van der Waals surface area contributed by atoms with Crippen molar-refractivity contribution in [1.82, 2.24) is 4.90 Å². The Kier molecular flexibility index (Phi) is 4.92. The summed E-state index contributed by atoms with van der Waals surface area (Å²) in [4.78, 5) is 14.2. The zero-order chi connectivity index (χ0) is 17.2. The maximum Gasteiger partial charge on any atom is 0.223 e. The summed E-state index contributed by atoms with van der Waals surface area (Å²) < 4.78 is 24.8. The molecular formula is C18H18ClNO3S. The fourth-order valence-electron chi connectivity index (χ4n) is 2.90. The molecule has 2 aromatic carbocycles. The summed E-state index contributed by atoms with van der Waals surface area (Å²) in [5.41, 5.74) is 2.39. The van der Waals surface area contributed by atoms with E-state index in [0.717, 1.165) is 12.0 Å². The van der Waals surface area contributed by atoms with E-state index in [1.165, 1.54) is 17.7 Å². The number of hydrogen-bond donors (Lipinski definition) is 0. The molecule has 0 radical (unpaired) electrons. The van der Waals surface area contributed by atoms with Crippen LogP contribution in [-0.2, 0) is 27.6 Å². The summed E-state index contributed by atoms with van der Waals surface area (Å²) in [7, 11) is -3.56. The van der Waals surface area contributed by atoms with Crippen molar-refractivity contribution in [2.75, 3.05) is 12.3 Å². The molecule has 0 saturated heterocycles. The highest BCUT2D eigenvalue weighted by atomic mass is 35.5. The van der Waals surface area contributed by atoms with Gasteiger partial charge in [-0.1, -0.05) is 48.0 Å². The van der Waals surface area contributed by atoms with Crippen molar-refractivity contribution in [3.8, 4) is 0 Å². The Morgan fingerprint density at radius 1 is 1.04 bits per heavy atom. The summed E-state index contributed by atoms with van der Waals surface area (Å²) in [6.07, 6.45) is 0.773. The van der Waals surface area contributed by atoms with Crippen LogP contribution in [0.4, 0.5) is 0 Å². The number of rotatable bonds is 4. The molecule has 0 saturated carbocycles. The third-order valence-corrected chi connectivity index (χ3v) is 6.45. The molecule has 3 rings (SSSR count).